The Bertz CT molecular complexity index is 604. The second-order valence-electron chi connectivity index (χ2n) is 4.22. The largest absolute Gasteiger partial charge is 0.298 e. The van der Waals surface area contributed by atoms with E-state index >= 15 is 0 Å². The van der Waals surface area contributed by atoms with Crippen molar-refractivity contribution in [2.45, 2.75) is 17.7 Å². The molecule has 0 atom stereocenters. The topological polar surface area (TPSA) is 94.3 Å². The van der Waals surface area contributed by atoms with Gasteiger partial charge in [-0.1, -0.05) is 12.1 Å². The summed E-state index contributed by atoms with van der Waals surface area (Å²) in [5.74, 6) is -1.18. The molecule has 1 saturated carbocycles. The Hall–Kier alpha value is -1.76. The zero-order valence-electron chi connectivity index (χ0n) is 9.40. The van der Waals surface area contributed by atoms with E-state index in [4.69, 9.17) is 0 Å². The Morgan fingerprint density at radius 1 is 1.33 bits per heavy atom. The summed E-state index contributed by atoms with van der Waals surface area (Å²) in [5, 5.41) is 10.8. The minimum Gasteiger partial charge on any atom is -0.298 e. The van der Waals surface area contributed by atoms with Crippen molar-refractivity contribution in [2.75, 3.05) is 5.75 Å². The Morgan fingerprint density at radius 2 is 1.94 bits per heavy atom. The van der Waals surface area contributed by atoms with E-state index in [-0.39, 0.29) is 16.6 Å². The molecule has 1 aliphatic rings. The quantitative estimate of drug-likeness (QED) is 0.594. The molecule has 1 aromatic carbocycles. The van der Waals surface area contributed by atoms with Gasteiger partial charge in [0.2, 0.25) is 0 Å². The second-order valence-corrected chi connectivity index (χ2v) is 6.18. The number of ketones is 1. The van der Waals surface area contributed by atoms with Crippen molar-refractivity contribution in [1.82, 2.24) is 0 Å². The number of Topliss-reactive ketones (excluding diaryl/α,β-unsaturated/α-hetero) is 1. The number of nitro benzene ring substituents is 1. The van der Waals surface area contributed by atoms with Crippen LogP contribution in [0.2, 0.25) is 0 Å². The number of nitro groups is 1. The normalized spacial score (nSPS) is 15.3. The van der Waals surface area contributed by atoms with Crippen LogP contribution in [0.25, 0.3) is 0 Å². The van der Waals surface area contributed by atoms with Crippen LogP contribution in [0.15, 0.2) is 29.2 Å². The van der Waals surface area contributed by atoms with Crippen molar-refractivity contribution >= 4 is 21.3 Å². The lowest BCUT2D eigenvalue weighted by molar-refractivity contribution is -0.387. The van der Waals surface area contributed by atoms with Gasteiger partial charge in [0.05, 0.1) is 4.92 Å². The molecule has 1 aliphatic carbocycles. The Labute approximate surface area is 104 Å². The first-order valence-electron chi connectivity index (χ1n) is 5.41. The van der Waals surface area contributed by atoms with Crippen molar-refractivity contribution in [1.29, 1.82) is 0 Å². The lowest BCUT2D eigenvalue weighted by Crippen LogP contribution is -2.18. The van der Waals surface area contributed by atoms with E-state index in [9.17, 15) is 23.3 Å². The molecule has 0 unspecified atom stereocenters. The first kappa shape index (κ1) is 12.7. The van der Waals surface area contributed by atoms with Crippen LogP contribution in [-0.4, -0.2) is 24.9 Å². The summed E-state index contributed by atoms with van der Waals surface area (Å²) in [6.07, 6.45) is 1.43. The molecule has 1 fully saturated rings. The zero-order chi connectivity index (χ0) is 13.3. The highest BCUT2D eigenvalue weighted by Gasteiger charge is 2.35. The number of carbonyl (C=O) groups excluding carboxylic acids is 1. The van der Waals surface area contributed by atoms with Gasteiger partial charge in [-0.15, -0.1) is 0 Å². The fourth-order valence-corrected chi connectivity index (χ4v) is 3.17. The number of sulfone groups is 1. The molecule has 0 heterocycles. The first-order valence-corrected chi connectivity index (χ1v) is 7.06. The average molecular weight is 269 g/mol. The highest BCUT2D eigenvalue weighted by atomic mass is 32.2. The van der Waals surface area contributed by atoms with Crippen LogP contribution in [0.4, 0.5) is 5.69 Å². The van der Waals surface area contributed by atoms with Crippen LogP contribution in [0.3, 0.4) is 0 Å². The van der Waals surface area contributed by atoms with Crippen molar-refractivity contribution < 1.29 is 18.1 Å². The highest BCUT2D eigenvalue weighted by molar-refractivity contribution is 7.92. The summed E-state index contributed by atoms with van der Waals surface area (Å²) in [5.41, 5.74) is -0.485. The van der Waals surface area contributed by atoms with Crippen LogP contribution in [0.1, 0.15) is 12.8 Å². The van der Waals surface area contributed by atoms with Gasteiger partial charge in [-0.05, 0) is 18.9 Å². The van der Waals surface area contributed by atoms with Gasteiger partial charge >= 0.3 is 0 Å². The highest BCUT2D eigenvalue weighted by Crippen LogP contribution is 2.32. The molecule has 2 rings (SSSR count). The van der Waals surface area contributed by atoms with Gasteiger partial charge in [0.25, 0.3) is 5.69 Å². The van der Waals surface area contributed by atoms with Crippen molar-refractivity contribution in [2.24, 2.45) is 5.92 Å². The SMILES string of the molecule is O=C(CS(=O)(=O)c1ccccc1[N+](=O)[O-])C1CC1. The average Bonchev–Trinajstić information content (AvgIpc) is 3.12. The fraction of sp³-hybridized carbons (Fsp3) is 0.364. The monoisotopic (exact) mass is 269 g/mol. The molecular weight excluding hydrogens is 258 g/mol. The Morgan fingerprint density at radius 3 is 2.50 bits per heavy atom. The minimum atomic E-state index is -3.93. The number of carbonyl (C=O) groups is 1. The molecule has 18 heavy (non-hydrogen) atoms. The molecule has 0 bridgehead atoms. The molecule has 0 aromatic heterocycles. The minimum absolute atomic E-state index is 0.178. The predicted molar refractivity (Wildman–Crippen MR) is 62.9 cm³/mol. The van der Waals surface area contributed by atoms with Crippen molar-refractivity contribution in [3.05, 3.63) is 34.4 Å². The molecule has 0 aliphatic heterocycles. The summed E-state index contributed by atoms with van der Waals surface area (Å²) in [7, 11) is -3.93. The number of hydrogen-bond donors (Lipinski definition) is 0. The Kier molecular flexibility index (Phi) is 3.16. The summed E-state index contributed by atoms with van der Waals surface area (Å²) < 4.78 is 23.9. The third-order valence-electron chi connectivity index (χ3n) is 2.76. The molecule has 0 spiro atoms. The molecule has 7 heteroatoms. The predicted octanol–water partition coefficient (Wildman–Crippen LogP) is 1.35. The maximum absolute atomic E-state index is 12.0. The van der Waals surface area contributed by atoms with E-state index in [1.54, 1.807) is 0 Å². The van der Waals surface area contributed by atoms with E-state index in [0.29, 0.717) is 12.8 Å². The van der Waals surface area contributed by atoms with E-state index < -0.39 is 26.2 Å². The molecule has 96 valence electrons. The van der Waals surface area contributed by atoms with Gasteiger partial charge < -0.3 is 0 Å². The molecular formula is C11H11NO5S. The van der Waals surface area contributed by atoms with Crippen molar-refractivity contribution in [3.63, 3.8) is 0 Å². The van der Waals surface area contributed by atoms with Gasteiger partial charge in [0.15, 0.2) is 15.6 Å². The molecule has 1 aromatic rings. The number of nitrogens with zero attached hydrogens (tertiary/aromatic N) is 1. The smallest absolute Gasteiger partial charge is 0.287 e. The fourth-order valence-electron chi connectivity index (χ4n) is 1.66. The van der Waals surface area contributed by atoms with Gasteiger partial charge in [-0.25, -0.2) is 8.42 Å². The van der Waals surface area contributed by atoms with E-state index in [1.165, 1.54) is 12.1 Å². The number of para-hydroxylation sites is 1. The van der Waals surface area contributed by atoms with Crippen LogP contribution in [0, 0.1) is 16.0 Å². The van der Waals surface area contributed by atoms with Gasteiger partial charge in [-0.3, -0.25) is 14.9 Å². The van der Waals surface area contributed by atoms with E-state index in [1.807, 2.05) is 0 Å². The first-order chi connectivity index (χ1) is 8.42. The Balaban J connectivity index is 2.34. The molecule has 0 radical (unpaired) electrons. The summed E-state index contributed by atoms with van der Waals surface area (Å²) >= 11 is 0. The van der Waals surface area contributed by atoms with Gasteiger partial charge in [-0.2, -0.15) is 0 Å². The maximum atomic E-state index is 12.0. The lowest BCUT2D eigenvalue weighted by Gasteiger charge is -2.04. The van der Waals surface area contributed by atoms with E-state index in [2.05, 4.69) is 0 Å². The molecule has 0 N–H and O–H groups in total. The van der Waals surface area contributed by atoms with Crippen LogP contribution >= 0.6 is 0 Å². The molecule has 0 amide bonds. The second kappa shape index (κ2) is 4.49. The van der Waals surface area contributed by atoms with E-state index in [0.717, 1.165) is 12.1 Å². The third-order valence-corrected chi connectivity index (χ3v) is 4.44. The maximum Gasteiger partial charge on any atom is 0.287 e. The van der Waals surface area contributed by atoms with Crippen LogP contribution in [0.5, 0.6) is 0 Å². The standard InChI is InChI=1S/C11H11NO5S/c13-10(8-5-6-8)7-18(16,17)11-4-2-1-3-9(11)12(14)15/h1-4,8H,5-7H2. The molecule has 6 nitrogen and oxygen atoms in total. The van der Waals surface area contributed by atoms with Crippen LogP contribution < -0.4 is 0 Å². The van der Waals surface area contributed by atoms with Gasteiger partial charge in [0, 0.05) is 12.0 Å². The molecule has 0 saturated heterocycles. The number of benzene rings is 1. The summed E-state index contributed by atoms with van der Waals surface area (Å²) in [6.45, 7) is 0. The number of rotatable bonds is 5. The van der Waals surface area contributed by atoms with Gasteiger partial charge in [0.1, 0.15) is 10.6 Å². The van der Waals surface area contributed by atoms with Crippen LogP contribution in [-0.2, 0) is 14.6 Å². The third kappa shape index (κ3) is 2.56. The lowest BCUT2D eigenvalue weighted by atomic mass is 10.3. The van der Waals surface area contributed by atoms with Crippen molar-refractivity contribution in [3.8, 4) is 0 Å². The zero-order valence-corrected chi connectivity index (χ0v) is 10.2. The summed E-state index contributed by atoms with van der Waals surface area (Å²) in [4.78, 5) is 21.1. The number of hydrogen-bond acceptors (Lipinski definition) is 5. The summed E-state index contributed by atoms with van der Waals surface area (Å²) in [6, 6.07) is 5.07.